The minimum absolute atomic E-state index is 0.00177. The third kappa shape index (κ3) is 5.05. The molecule has 0 atom stereocenters. The van der Waals surface area contributed by atoms with Crippen LogP contribution < -0.4 is 25.3 Å². The first-order valence-corrected chi connectivity index (χ1v) is 11.6. The molecule has 1 saturated heterocycles. The summed E-state index contributed by atoms with van der Waals surface area (Å²) in [6.07, 6.45) is 2.55. The van der Waals surface area contributed by atoms with E-state index in [1.54, 1.807) is 20.3 Å². The average Bonchev–Trinajstić information content (AvgIpc) is 2.71. The molecule has 1 aliphatic heterocycles. The molecule has 3 N–H and O–H groups in total. The predicted molar refractivity (Wildman–Crippen MR) is 115 cm³/mol. The maximum atomic E-state index is 11.6. The van der Waals surface area contributed by atoms with Crippen LogP contribution in [0.25, 0.3) is 0 Å². The Kier molecular flexibility index (Phi) is 6.55. The molecule has 1 aliphatic rings. The quantitative estimate of drug-likeness (QED) is 0.673. The highest BCUT2D eigenvalue weighted by atomic mass is 32.2. The molecule has 0 spiro atoms. The van der Waals surface area contributed by atoms with E-state index in [4.69, 9.17) is 19.9 Å². The normalized spacial score (nSPS) is 16.3. The molecule has 1 aromatic heterocycles. The number of hydrogen-bond acceptors (Lipinski definition) is 9. The summed E-state index contributed by atoms with van der Waals surface area (Å²) in [5, 5.41) is 3.15. The molecule has 0 radical (unpaired) electrons. The van der Waals surface area contributed by atoms with Crippen molar-refractivity contribution >= 4 is 21.6 Å². The van der Waals surface area contributed by atoms with E-state index in [0.29, 0.717) is 41.8 Å². The van der Waals surface area contributed by atoms with Crippen molar-refractivity contribution in [3.63, 3.8) is 0 Å². The first-order chi connectivity index (χ1) is 14.2. The summed E-state index contributed by atoms with van der Waals surface area (Å²) in [5.74, 6) is 3.09. The van der Waals surface area contributed by atoms with Gasteiger partial charge in [-0.3, -0.25) is 0 Å². The lowest BCUT2D eigenvalue weighted by atomic mass is 10.0. The van der Waals surface area contributed by atoms with Gasteiger partial charge in [0.25, 0.3) is 0 Å². The van der Waals surface area contributed by atoms with Crippen LogP contribution in [0.15, 0.2) is 18.3 Å². The summed E-state index contributed by atoms with van der Waals surface area (Å²) in [7, 11) is 0.222. The first-order valence-electron chi connectivity index (χ1n) is 9.75. The fourth-order valence-corrected chi connectivity index (χ4v) is 4.77. The molecule has 2 heterocycles. The van der Waals surface area contributed by atoms with Crippen LogP contribution in [0.5, 0.6) is 23.0 Å². The maximum Gasteiger partial charge on any atom is 0.225 e. The minimum atomic E-state index is -2.92. The predicted octanol–water partition coefficient (Wildman–Crippen LogP) is 2.98. The minimum Gasteiger partial charge on any atom is -0.493 e. The third-order valence-corrected chi connectivity index (χ3v) is 6.74. The van der Waals surface area contributed by atoms with Gasteiger partial charge in [-0.05, 0) is 24.8 Å². The number of aromatic nitrogens is 2. The molecule has 2 aromatic rings. The van der Waals surface area contributed by atoms with Crippen LogP contribution in [0.3, 0.4) is 0 Å². The zero-order chi connectivity index (χ0) is 21.9. The lowest BCUT2D eigenvalue weighted by molar-refractivity contribution is 0.350. The van der Waals surface area contributed by atoms with E-state index >= 15 is 0 Å². The van der Waals surface area contributed by atoms with Crippen LogP contribution in [0.4, 0.5) is 11.8 Å². The van der Waals surface area contributed by atoms with Crippen molar-refractivity contribution in [3.05, 3.63) is 23.9 Å². The highest BCUT2D eigenvalue weighted by molar-refractivity contribution is 7.91. The van der Waals surface area contributed by atoms with Crippen LogP contribution in [0.1, 0.15) is 38.2 Å². The number of rotatable bonds is 7. The number of nitrogens with one attached hydrogen (secondary N) is 1. The van der Waals surface area contributed by atoms with Crippen molar-refractivity contribution < 1.29 is 22.6 Å². The molecule has 30 heavy (non-hydrogen) atoms. The largest absolute Gasteiger partial charge is 0.493 e. The van der Waals surface area contributed by atoms with E-state index in [9.17, 15) is 8.42 Å². The second-order valence-corrected chi connectivity index (χ2v) is 9.82. The fourth-order valence-electron chi connectivity index (χ4n) is 3.28. The third-order valence-electron chi connectivity index (χ3n) is 5.03. The molecule has 0 amide bonds. The van der Waals surface area contributed by atoms with E-state index in [1.807, 2.05) is 19.9 Å². The number of methoxy groups -OCH3 is 2. The van der Waals surface area contributed by atoms with Gasteiger partial charge in [0.05, 0.1) is 31.9 Å². The van der Waals surface area contributed by atoms with Gasteiger partial charge in [0, 0.05) is 17.7 Å². The molecular weight excluding hydrogens is 408 g/mol. The van der Waals surface area contributed by atoms with Gasteiger partial charge in [-0.15, -0.1) is 0 Å². The number of anilines is 2. The first kappa shape index (κ1) is 21.9. The second kappa shape index (κ2) is 8.95. The topological polar surface area (TPSA) is 126 Å². The highest BCUT2D eigenvalue weighted by Crippen LogP contribution is 2.40. The summed E-state index contributed by atoms with van der Waals surface area (Å²) >= 11 is 0. The molecule has 1 aromatic carbocycles. The Hall–Kier alpha value is -2.75. The number of benzene rings is 1. The molecule has 0 aliphatic carbocycles. The number of sulfone groups is 1. The van der Waals surface area contributed by atoms with E-state index in [-0.39, 0.29) is 29.3 Å². The Morgan fingerprint density at radius 3 is 2.27 bits per heavy atom. The SMILES string of the molecule is COc1cc(Oc2cnc(NC3CCS(=O)(=O)CC3)nc2N)c(C(C)C)cc1OC. The number of ether oxygens (including phenoxy) is 3. The zero-order valence-electron chi connectivity index (χ0n) is 17.6. The molecule has 1 fully saturated rings. The number of hydrogen-bond donors (Lipinski definition) is 2. The lowest BCUT2D eigenvalue weighted by Gasteiger charge is -2.23. The summed E-state index contributed by atoms with van der Waals surface area (Å²) < 4.78 is 39.9. The Morgan fingerprint density at radius 1 is 1.07 bits per heavy atom. The van der Waals surface area contributed by atoms with Crippen molar-refractivity contribution in [2.24, 2.45) is 0 Å². The summed E-state index contributed by atoms with van der Waals surface area (Å²) in [4.78, 5) is 8.56. The van der Waals surface area contributed by atoms with Gasteiger partial charge in [-0.25, -0.2) is 13.4 Å². The molecule has 0 bridgehead atoms. The van der Waals surface area contributed by atoms with Crippen LogP contribution in [-0.4, -0.2) is 50.2 Å². The van der Waals surface area contributed by atoms with Crippen LogP contribution in [0, 0.1) is 0 Å². The molecular formula is C20H28N4O5S. The standard InChI is InChI=1S/C20H28N4O5S/c1-12(2)14-9-16(27-3)17(28-4)10-15(14)29-18-11-22-20(24-19(18)21)23-13-5-7-30(25,26)8-6-13/h9-13H,5-8H2,1-4H3,(H3,21,22,23,24). The summed E-state index contributed by atoms with van der Waals surface area (Å²) in [6.45, 7) is 4.09. The van der Waals surface area contributed by atoms with Gasteiger partial charge in [0.2, 0.25) is 5.95 Å². The van der Waals surface area contributed by atoms with Crippen LogP contribution in [0.2, 0.25) is 0 Å². The average molecular weight is 437 g/mol. The van der Waals surface area contributed by atoms with Gasteiger partial charge < -0.3 is 25.3 Å². The number of nitrogens with zero attached hydrogens (tertiary/aromatic N) is 2. The van der Waals surface area contributed by atoms with Gasteiger partial charge in [-0.2, -0.15) is 4.98 Å². The highest BCUT2D eigenvalue weighted by Gasteiger charge is 2.24. The van der Waals surface area contributed by atoms with Crippen molar-refractivity contribution in [1.82, 2.24) is 9.97 Å². The Bertz CT molecular complexity index is 996. The van der Waals surface area contributed by atoms with E-state index in [2.05, 4.69) is 15.3 Å². The number of nitrogen functional groups attached to an aromatic ring is 1. The van der Waals surface area contributed by atoms with Crippen molar-refractivity contribution in [3.8, 4) is 23.0 Å². The zero-order valence-corrected chi connectivity index (χ0v) is 18.5. The molecule has 0 saturated carbocycles. The molecule has 9 nitrogen and oxygen atoms in total. The Labute approximate surface area is 176 Å². The Morgan fingerprint density at radius 2 is 1.70 bits per heavy atom. The van der Waals surface area contributed by atoms with Gasteiger partial charge >= 0.3 is 0 Å². The Balaban J connectivity index is 1.79. The van der Waals surface area contributed by atoms with Crippen LogP contribution in [-0.2, 0) is 9.84 Å². The molecule has 164 valence electrons. The van der Waals surface area contributed by atoms with E-state index < -0.39 is 9.84 Å². The van der Waals surface area contributed by atoms with Gasteiger partial charge in [-0.1, -0.05) is 13.8 Å². The van der Waals surface area contributed by atoms with Crippen molar-refractivity contribution in [2.45, 2.75) is 38.6 Å². The van der Waals surface area contributed by atoms with Crippen molar-refractivity contribution in [1.29, 1.82) is 0 Å². The molecule has 0 unspecified atom stereocenters. The number of nitrogens with two attached hydrogens (primary N) is 1. The lowest BCUT2D eigenvalue weighted by Crippen LogP contribution is -2.32. The summed E-state index contributed by atoms with van der Waals surface area (Å²) in [5.41, 5.74) is 7.03. The van der Waals surface area contributed by atoms with E-state index in [0.717, 1.165) is 5.56 Å². The monoisotopic (exact) mass is 436 g/mol. The molecule has 10 heteroatoms. The van der Waals surface area contributed by atoms with Gasteiger partial charge in [0.15, 0.2) is 23.1 Å². The molecule has 3 rings (SSSR count). The van der Waals surface area contributed by atoms with Gasteiger partial charge in [0.1, 0.15) is 15.6 Å². The fraction of sp³-hybridized carbons (Fsp3) is 0.500. The maximum absolute atomic E-state index is 11.6. The van der Waals surface area contributed by atoms with E-state index in [1.165, 1.54) is 6.20 Å². The smallest absolute Gasteiger partial charge is 0.225 e. The van der Waals surface area contributed by atoms with Crippen molar-refractivity contribution in [2.75, 3.05) is 36.8 Å². The van der Waals surface area contributed by atoms with Crippen LogP contribution >= 0.6 is 0 Å². The second-order valence-electron chi connectivity index (χ2n) is 7.52. The summed E-state index contributed by atoms with van der Waals surface area (Å²) in [6, 6.07) is 3.63.